The monoisotopic (exact) mass is 396 g/mol. The Morgan fingerprint density at radius 2 is 1.85 bits per heavy atom. The molecule has 1 amide bonds. The van der Waals surface area contributed by atoms with Crippen molar-refractivity contribution < 1.29 is 4.79 Å². The summed E-state index contributed by atoms with van der Waals surface area (Å²) >= 11 is 0. The number of hydrogen-bond acceptors (Lipinski definition) is 4. The molecule has 7 heteroatoms. The van der Waals surface area contributed by atoms with E-state index >= 15 is 0 Å². The lowest BCUT2D eigenvalue weighted by Gasteiger charge is -2.16. The number of amides is 1. The van der Waals surface area contributed by atoms with E-state index in [9.17, 15) is 4.79 Å². The average Bonchev–Trinajstić information content (AvgIpc) is 3.16. The SMILES string of the molecule is CCNCc1ccccc1NC(=O)c1ccc(N2CCCC2)nc1.Cl.Cl. The van der Waals surface area contributed by atoms with Crippen LogP contribution in [-0.2, 0) is 6.54 Å². The van der Waals surface area contributed by atoms with Gasteiger partial charge < -0.3 is 15.5 Å². The molecule has 0 spiro atoms. The van der Waals surface area contributed by atoms with Crippen LogP contribution in [0.4, 0.5) is 11.5 Å². The number of aromatic nitrogens is 1. The molecule has 0 aliphatic carbocycles. The van der Waals surface area contributed by atoms with E-state index in [1.165, 1.54) is 12.8 Å². The first-order valence-electron chi connectivity index (χ1n) is 8.59. The molecule has 1 saturated heterocycles. The lowest BCUT2D eigenvalue weighted by Crippen LogP contribution is -2.20. The van der Waals surface area contributed by atoms with Crippen molar-refractivity contribution >= 4 is 42.2 Å². The van der Waals surface area contributed by atoms with Crippen LogP contribution in [0.5, 0.6) is 0 Å². The van der Waals surface area contributed by atoms with Crippen molar-refractivity contribution in [2.45, 2.75) is 26.3 Å². The van der Waals surface area contributed by atoms with Crippen LogP contribution < -0.4 is 15.5 Å². The number of nitrogens with one attached hydrogen (secondary N) is 2. The molecule has 1 aliphatic heterocycles. The first-order valence-corrected chi connectivity index (χ1v) is 8.59. The number of anilines is 2. The topological polar surface area (TPSA) is 57.3 Å². The molecule has 1 aromatic heterocycles. The van der Waals surface area contributed by atoms with Gasteiger partial charge in [-0.1, -0.05) is 25.1 Å². The smallest absolute Gasteiger partial charge is 0.257 e. The summed E-state index contributed by atoms with van der Waals surface area (Å²) in [5, 5.41) is 6.28. The number of rotatable bonds is 6. The van der Waals surface area contributed by atoms with E-state index in [0.29, 0.717) is 5.56 Å². The maximum Gasteiger partial charge on any atom is 0.257 e. The molecule has 0 radical (unpaired) electrons. The van der Waals surface area contributed by atoms with Crippen LogP contribution in [0.2, 0.25) is 0 Å². The van der Waals surface area contributed by atoms with Gasteiger partial charge in [0.1, 0.15) is 5.82 Å². The zero-order valence-electron chi connectivity index (χ0n) is 14.9. The highest BCUT2D eigenvalue weighted by molar-refractivity contribution is 6.04. The third-order valence-corrected chi connectivity index (χ3v) is 4.27. The Kier molecular flexibility index (Phi) is 9.41. The van der Waals surface area contributed by atoms with Gasteiger partial charge in [0.25, 0.3) is 5.91 Å². The number of nitrogens with zero attached hydrogens (tertiary/aromatic N) is 2. The quantitative estimate of drug-likeness (QED) is 0.777. The van der Waals surface area contributed by atoms with Crippen molar-refractivity contribution in [2.24, 2.45) is 0 Å². The Labute approximate surface area is 167 Å². The van der Waals surface area contributed by atoms with Gasteiger partial charge in [0.05, 0.1) is 5.56 Å². The van der Waals surface area contributed by atoms with Crippen LogP contribution in [0, 0.1) is 0 Å². The molecule has 5 nitrogen and oxygen atoms in total. The molecule has 1 aromatic carbocycles. The van der Waals surface area contributed by atoms with E-state index in [-0.39, 0.29) is 30.7 Å². The fraction of sp³-hybridized carbons (Fsp3) is 0.368. The third-order valence-electron chi connectivity index (χ3n) is 4.27. The zero-order chi connectivity index (χ0) is 16.8. The molecule has 0 bridgehead atoms. The van der Waals surface area contributed by atoms with Crippen molar-refractivity contribution in [1.29, 1.82) is 0 Å². The van der Waals surface area contributed by atoms with Gasteiger partial charge in [-0.25, -0.2) is 4.98 Å². The molecule has 0 saturated carbocycles. The van der Waals surface area contributed by atoms with Crippen LogP contribution in [0.1, 0.15) is 35.7 Å². The first-order chi connectivity index (χ1) is 11.8. The van der Waals surface area contributed by atoms with Gasteiger partial charge in [0, 0.05) is 31.5 Å². The summed E-state index contributed by atoms with van der Waals surface area (Å²) < 4.78 is 0. The molecule has 142 valence electrons. The maximum absolute atomic E-state index is 12.5. The fourth-order valence-corrected chi connectivity index (χ4v) is 2.90. The van der Waals surface area contributed by atoms with Gasteiger partial charge in [-0.2, -0.15) is 0 Å². The molecule has 0 atom stereocenters. The van der Waals surface area contributed by atoms with Crippen LogP contribution in [0.3, 0.4) is 0 Å². The summed E-state index contributed by atoms with van der Waals surface area (Å²) in [4.78, 5) is 19.2. The summed E-state index contributed by atoms with van der Waals surface area (Å²) in [6, 6.07) is 11.6. The van der Waals surface area contributed by atoms with Crippen molar-refractivity contribution in [3.63, 3.8) is 0 Å². The van der Waals surface area contributed by atoms with Crippen molar-refractivity contribution in [3.05, 3.63) is 53.7 Å². The van der Waals surface area contributed by atoms with E-state index in [0.717, 1.165) is 43.2 Å². The molecule has 2 heterocycles. The maximum atomic E-state index is 12.5. The van der Waals surface area contributed by atoms with Gasteiger partial charge in [-0.05, 0) is 43.1 Å². The Hall–Kier alpha value is -1.82. The predicted molar refractivity (Wildman–Crippen MR) is 112 cm³/mol. The molecular formula is C19H26Cl2N4O. The Morgan fingerprint density at radius 1 is 1.12 bits per heavy atom. The molecule has 1 aliphatic rings. The van der Waals surface area contributed by atoms with Gasteiger partial charge in [-0.3, -0.25) is 4.79 Å². The Morgan fingerprint density at radius 3 is 2.50 bits per heavy atom. The fourth-order valence-electron chi connectivity index (χ4n) is 2.90. The second kappa shape index (κ2) is 11.0. The van der Waals surface area contributed by atoms with E-state index in [1.54, 1.807) is 6.20 Å². The Bertz CT molecular complexity index is 688. The summed E-state index contributed by atoms with van der Waals surface area (Å²) in [6.45, 7) is 5.80. The number of halogens is 2. The average molecular weight is 397 g/mol. The van der Waals surface area contributed by atoms with E-state index in [1.807, 2.05) is 36.4 Å². The highest BCUT2D eigenvalue weighted by atomic mass is 35.5. The van der Waals surface area contributed by atoms with Gasteiger partial charge in [0.15, 0.2) is 0 Å². The minimum Gasteiger partial charge on any atom is -0.357 e. The minimum absolute atomic E-state index is 0. The highest BCUT2D eigenvalue weighted by Gasteiger charge is 2.14. The summed E-state index contributed by atoms with van der Waals surface area (Å²) in [5.41, 5.74) is 2.50. The summed E-state index contributed by atoms with van der Waals surface area (Å²) in [7, 11) is 0. The third kappa shape index (κ3) is 5.59. The lowest BCUT2D eigenvalue weighted by molar-refractivity contribution is 0.102. The number of benzene rings is 1. The lowest BCUT2D eigenvalue weighted by atomic mass is 10.1. The van der Waals surface area contributed by atoms with Crippen LogP contribution >= 0.6 is 24.8 Å². The molecule has 26 heavy (non-hydrogen) atoms. The number of para-hydroxylation sites is 1. The van der Waals surface area contributed by atoms with Crippen LogP contribution in [-0.4, -0.2) is 30.5 Å². The second-order valence-corrected chi connectivity index (χ2v) is 5.99. The minimum atomic E-state index is -0.126. The second-order valence-electron chi connectivity index (χ2n) is 5.99. The predicted octanol–water partition coefficient (Wildman–Crippen LogP) is 3.89. The van der Waals surface area contributed by atoms with Crippen molar-refractivity contribution in [1.82, 2.24) is 10.3 Å². The largest absolute Gasteiger partial charge is 0.357 e. The molecule has 2 N–H and O–H groups in total. The van der Waals surface area contributed by atoms with Gasteiger partial charge >= 0.3 is 0 Å². The van der Waals surface area contributed by atoms with Crippen molar-refractivity contribution in [3.8, 4) is 0 Å². The normalized spacial score (nSPS) is 12.9. The molecule has 0 unspecified atom stereocenters. The van der Waals surface area contributed by atoms with E-state index in [4.69, 9.17) is 0 Å². The van der Waals surface area contributed by atoms with Gasteiger partial charge in [0.2, 0.25) is 0 Å². The molecular weight excluding hydrogens is 371 g/mol. The number of carbonyl (C=O) groups is 1. The first kappa shape index (κ1) is 22.2. The van der Waals surface area contributed by atoms with E-state index < -0.39 is 0 Å². The molecule has 1 fully saturated rings. The summed E-state index contributed by atoms with van der Waals surface area (Å²) in [6.07, 6.45) is 4.09. The molecule has 3 rings (SSSR count). The Balaban J connectivity index is 0.00000169. The zero-order valence-corrected chi connectivity index (χ0v) is 16.5. The number of pyridine rings is 1. The van der Waals surface area contributed by atoms with Crippen LogP contribution in [0.15, 0.2) is 42.6 Å². The van der Waals surface area contributed by atoms with Crippen LogP contribution in [0.25, 0.3) is 0 Å². The van der Waals surface area contributed by atoms with Crippen molar-refractivity contribution in [2.75, 3.05) is 29.9 Å². The number of hydrogen-bond donors (Lipinski definition) is 2. The number of carbonyl (C=O) groups excluding carboxylic acids is 1. The highest BCUT2D eigenvalue weighted by Crippen LogP contribution is 2.19. The molecule has 2 aromatic rings. The van der Waals surface area contributed by atoms with E-state index in [2.05, 4.69) is 27.4 Å². The summed E-state index contributed by atoms with van der Waals surface area (Å²) in [5.74, 6) is 0.830. The standard InChI is InChI=1S/C19H24N4O.2ClH/c1-2-20-13-15-7-3-4-8-17(15)22-19(24)16-9-10-18(21-14-16)23-11-5-6-12-23;;/h3-4,7-10,14,20H,2,5-6,11-13H2,1H3,(H,22,24);2*1H. The van der Waals surface area contributed by atoms with Gasteiger partial charge in [-0.15, -0.1) is 24.8 Å².